The van der Waals surface area contributed by atoms with Gasteiger partial charge in [-0.1, -0.05) is 52.7 Å². The lowest BCUT2D eigenvalue weighted by Gasteiger charge is -2.26. The fourth-order valence-corrected chi connectivity index (χ4v) is 6.83. The van der Waals surface area contributed by atoms with Crippen LogP contribution < -0.4 is 0 Å². The molecule has 0 spiro atoms. The number of carbonyl (C=O) groups excluding carboxylic acids is 2. The highest BCUT2D eigenvalue weighted by atomic mass is 16.2. The van der Waals surface area contributed by atoms with Crippen LogP contribution in [0.3, 0.4) is 0 Å². The number of hydrogen-bond acceptors (Lipinski definition) is 4. The van der Waals surface area contributed by atoms with Gasteiger partial charge in [-0.25, -0.2) is 9.97 Å². The molecule has 0 aliphatic carbocycles. The van der Waals surface area contributed by atoms with Gasteiger partial charge in [0.2, 0.25) is 0 Å². The third-order valence-corrected chi connectivity index (χ3v) is 9.43. The van der Waals surface area contributed by atoms with Gasteiger partial charge in [-0.05, 0) is 80.5 Å². The molecule has 2 amide bonds. The van der Waals surface area contributed by atoms with E-state index in [1.54, 1.807) is 0 Å². The molecule has 4 aliphatic heterocycles. The lowest BCUT2D eigenvalue weighted by atomic mass is 9.96. The number of rotatable bonds is 7. The Morgan fingerprint density at radius 2 is 1.63 bits per heavy atom. The molecular formula is C36H41N5O2. The highest BCUT2D eigenvalue weighted by molar-refractivity contribution is 6.23. The molecule has 6 rings (SSSR count). The van der Waals surface area contributed by atoms with E-state index in [-0.39, 0.29) is 17.7 Å². The molecule has 0 saturated heterocycles. The van der Waals surface area contributed by atoms with Gasteiger partial charge >= 0.3 is 0 Å². The first-order valence-corrected chi connectivity index (χ1v) is 15.6. The second-order valence-electron chi connectivity index (χ2n) is 12.2. The summed E-state index contributed by atoms with van der Waals surface area (Å²) in [6, 6.07) is 6.19. The van der Waals surface area contributed by atoms with Crippen LogP contribution in [0.5, 0.6) is 0 Å². The van der Waals surface area contributed by atoms with Crippen LogP contribution in [0.2, 0.25) is 0 Å². The lowest BCUT2D eigenvalue weighted by Crippen LogP contribution is -2.41. The Kier molecular flexibility index (Phi) is 7.45. The van der Waals surface area contributed by atoms with Crippen molar-refractivity contribution in [2.45, 2.75) is 86.0 Å². The minimum Gasteiger partial charge on any atom is -0.361 e. The van der Waals surface area contributed by atoms with Crippen LogP contribution >= 0.6 is 0 Å². The highest BCUT2D eigenvalue weighted by Gasteiger charge is 2.37. The summed E-state index contributed by atoms with van der Waals surface area (Å²) in [6.07, 6.45) is 7.32. The fourth-order valence-electron chi connectivity index (χ4n) is 6.83. The maximum absolute atomic E-state index is 14.2. The molecule has 0 radical (unpaired) electrons. The van der Waals surface area contributed by atoms with E-state index in [0.717, 1.165) is 99.6 Å². The second kappa shape index (κ2) is 11.1. The van der Waals surface area contributed by atoms with Gasteiger partial charge in [0.25, 0.3) is 11.8 Å². The first-order chi connectivity index (χ1) is 20.7. The number of nitrogens with zero attached hydrogens (tertiary/aromatic N) is 3. The minimum atomic E-state index is -0.230. The summed E-state index contributed by atoms with van der Waals surface area (Å²) in [7, 11) is 0. The van der Waals surface area contributed by atoms with E-state index in [2.05, 4.69) is 63.3 Å². The van der Waals surface area contributed by atoms with E-state index in [4.69, 9.17) is 9.97 Å². The van der Waals surface area contributed by atoms with E-state index in [9.17, 15) is 9.59 Å². The van der Waals surface area contributed by atoms with Gasteiger partial charge in [0.15, 0.2) is 0 Å². The Morgan fingerprint density at radius 3 is 2.35 bits per heavy atom. The molecule has 222 valence electrons. The smallest absolute Gasteiger partial charge is 0.264 e. The van der Waals surface area contributed by atoms with Crippen LogP contribution in [0.25, 0.3) is 33.3 Å². The molecule has 0 fully saturated rings. The quantitative estimate of drug-likeness (QED) is 0.256. The van der Waals surface area contributed by atoms with Gasteiger partial charge < -0.3 is 9.97 Å². The van der Waals surface area contributed by atoms with E-state index in [1.807, 2.05) is 19.1 Å². The highest BCUT2D eigenvalue weighted by Crippen LogP contribution is 2.38. The fraction of sp³-hybridized carbons (Fsp3) is 0.389. The molecule has 7 nitrogen and oxygen atoms in total. The molecule has 8 bridgehead atoms. The van der Waals surface area contributed by atoms with Crippen molar-refractivity contribution >= 4 is 45.1 Å². The Bertz CT molecular complexity index is 1830. The van der Waals surface area contributed by atoms with Crippen LogP contribution in [0.1, 0.15) is 133 Å². The van der Waals surface area contributed by atoms with Crippen LogP contribution in [0, 0.1) is 6.92 Å². The number of carbonyl (C=O) groups is 2. The molecular weight excluding hydrogens is 534 g/mol. The van der Waals surface area contributed by atoms with Gasteiger partial charge in [0.05, 0.1) is 39.4 Å². The molecule has 43 heavy (non-hydrogen) atoms. The van der Waals surface area contributed by atoms with Crippen LogP contribution in [0.4, 0.5) is 0 Å². The number of hydrogen-bond donors (Lipinski definition) is 2. The lowest BCUT2D eigenvalue weighted by molar-refractivity contribution is 0.0606. The van der Waals surface area contributed by atoms with Crippen molar-refractivity contribution in [1.29, 1.82) is 0 Å². The van der Waals surface area contributed by atoms with E-state index in [0.29, 0.717) is 29.6 Å². The van der Waals surface area contributed by atoms with E-state index < -0.39 is 0 Å². The Morgan fingerprint density at radius 1 is 0.907 bits per heavy atom. The number of aromatic amines is 2. The average molecular weight is 576 g/mol. The molecule has 7 heteroatoms. The summed E-state index contributed by atoms with van der Waals surface area (Å²) in [5, 5.41) is 0. The van der Waals surface area contributed by atoms with Gasteiger partial charge in [-0.2, -0.15) is 0 Å². The summed E-state index contributed by atoms with van der Waals surface area (Å²) < 4.78 is 0. The number of unbranched alkanes of at least 4 members (excludes halogenated alkanes) is 3. The number of H-pyrrole nitrogens is 2. The Hall–Kier alpha value is -4.26. The number of allylic oxidation sites excluding steroid dienone is 5. The standard InChI is InChI=1S/C36H41N5O2/c1-8-11-12-13-14-41-35(42)32-22(7)28-18-30-24(10-3)21(6)27(39-30)17-29-23(9-2)20(5)26(38-29)16-25-19(4)15-31(37-25)33(36(41)43)34(32)40-28/h9,16-19,37,40H,2,8,10-15H2,1,3-7H3. The van der Waals surface area contributed by atoms with Crippen molar-refractivity contribution in [2.75, 3.05) is 6.54 Å². The van der Waals surface area contributed by atoms with Crippen LogP contribution in [-0.2, 0) is 6.42 Å². The number of imide groups is 1. The zero-order valence-corrected chi connectivity index (χ0v) is 26.2. The predicted molar refractivity (Wildman–Crippen MR) is 174 cm³/mol. The van der Waals surface area contributed by atoms with Crippen molar-refractivity contribution in [3.8, 4) is 0 Å². The molecule has 1 unspecified atom stereocenters. The molecule has 0 saturated carbocycles. The van der Waals surface area contributed by atoms with Crippen LogP contribution in [-0.4, -0.2) is 43.2 Å². The van der Waals surface area contributed by atoms with Gasteiger partial charge in [0.1, 0.15) is 0 Å². The van der Waals surface area contributed by atoms with Crippen molar-refractivity contribution in [3.05, 3.63) is 81.7 Å². The molecule has 1 atom stereocenters. The molecule has 6 heterocycles. The summed E-state index contributed by atoms with van der Waals surface area (Å²) in [5.74, 6) is -0.298. The molecule has 4 aliphatic rings. The minimum absolute atomic E-state index is 0.149. The first-order valence-electron chi connectivity index (χ1n) is 15.6. The van der Waals surface area contributed by atoms with Gasteiger partial charge in [0, 0.05) is 34.9 Å². The molecule has 2 N–H and O–H groups in total. The number of aryl methyl sites for hydroxylation is 1. The first kappa shape index (κ1) is 28.8. The van der Waals surface area contributed by atoms with Crippen molar-refractivity contribution in [3.63, 3.8) is 0 Å². The third-order valence-electron chi connectivity index (χ3n) is 9.43. The topological polar surface area (TPSA) is 94.7 Å². The zero-order chi connectivity index (χ0) is 30.6. The second-order valence-corrected chi connectivity index (χ2v) is 12.2. The largest absolute Gasteiger partial charge is 0.361 e. The SMILES string of the molecule is C=CC1=C(C)c2cc3[nH]c(c4c5[nH]c(cc6nc(cc1n2)C(C)=C6CC)c(C)c5C(=O)N(CCCCCC)C4=O)CC3C. The summed E-state index contributed by atoms with van der Waals surface area (Å²) in [6.45, 7) is 17.1. The van der Waals surface area contributed by atoms with E-state index in [1.165, 1.54) is 4.90 Å². The maximum Gasteiger partial charge on any atom is 0.264 e. The average Bonchev–Trinajstić information content (AvgIpc) is 3.67. The molecule has 2 aromatic rings. The van der Waals surface area contributed by atoms with Crippen LogP contribution in [0.15, 0.2) is 30.9 Å². The van der Waals surface area contributed by atoms with Gasteiger partial charge in [-0.15, -0.1) is 0 Å². The van der Waals surface area contributed by atoms with E-state index >= 15 is 0 Å². The third kappa shape index (κ3) is 4.66. The Balaban J connectivity index is 1.71. The molecule has 0 aromatic carbocycles. The number of nitrogens with one attached hydrogen (secondary N) is 2. The maximum atomic E-state index is 14.2. The van der Waals surface area contributed by atoms with Crippen molar-refractivity contribution in [2.24, 2.45) is 0 Å². The summed E-state index contributed by atoms with van der Waals surface area (Å²) in [4.78, 5) is 46.8. The van der Waals surface area contributed by atoms with Crippen molar-refractivity contribution in [1.82, 2.24) is 24.8 Å². The van der Waals surface area contributed by atoms with Gasteiger partial charge in [-0.3, -0.25) is 14.5 Å². The predicted octanol–water partition coefficient (Wildman–Crippen LogP) is 8.33. The summed E-state index contributed by atoms with van der Waals surface area (Å²) in [5.41, 5.74) is 13.0. The Labute approximate surface area is 253 Å². The zero-order valence-electron chi connectivity index (χ0n) is 26.2. The number of aromatic nitrogens is 4. The number of fused-ring (bicyclic) bond motifs is 8. The summed E-state index contributed by atoms with van der Waals surface area (Å²) >= 11 is 0. The normalized spacial score (nSPS) is 17.3. The monoisotopic (exact) mass is 575 g/mol. The van der Waals surface area contributed by atoms with Crippen molar-refractivity contribution < 1.29 is 9.59 Å². The number of amides is 2. The molecule has 2 aromatic heterocycles.